The molecule has 0 aromatic heterocycles. The number of halogens is 1. The topological polar surface area (TPSA) is 40.5 Å². The molecule has 3 nitrogen and oxygen atoms in total. The van der Waals surface area contributed by atoms with E-state index >= 15 is 0 Å². The number of phenols is 1. The molecule has 0 atom stereocenters. The van der Waals surface area contributed by atoms with Crippen molar-refractivity contribution >= 4 is 23.2 Å². The van der Waals surface area contributed by atoms with Crippen LogP contribution in [0, 0.1) is 6.92 Å². The molecule has 1 heterocycles. The second-order valence-corrected chi connectivity index (χ2v) is 6.14. The third-order valence-corrected chi connectivity index (χ3v) is 4.49. The lowest BCUT2D eigenvalue weighted by Gasteiger charge is -2.29. The Morgan fingerprint density at radius 1 is 1.27 bits per heavy atom. The van der Waals surface area contributed by atoms with Crippen molar-refractivity contribution in [3.63, 3.8) is 0 Å². The Bertz CT molecular complexity index is 755. The van der Waals surface area contributed by atoms with Crippen LogP contribution in [0.4, 0.5) is 5.69 Å². The van der Waals surface area contributed by atoms with Crippen LogP contribution in [0.1, 0.15) is 24.5 Å². The maximum absolute atomic E-state index is 11.7. The average Bonchev–Trinajstić information content (AvgIpc) is 2.49. The smallest absolute Gasteiger partial charge is 0.223 e. The van der Waals surface area contributed by atoms with E-state index in [4.69, 9.17) is 11.6 Å². The first kappa shape index (κ1) is 14.9. The molecular formula is C18H18ClNO2. The lowest BCUT2D eigenvalue weighted by atomic mass is 9.94. The van der Waals surface area contributed by atoms with Crippen LogP contribution in [0.25, 0.3) is 11.1 Å². The Kier molecular flexibility index (Phi) is 3.83. The number of rotatable bonds is 1. The number of hydrogen-bond acceptors (Lipinski definition) is 2. The summed E-state index contributed by atoms with van der Waals surface area (Å²) in [6, 6.07) is 9.61. The summed E-state index contributed by atoms with van der Waals surface area (Å²) in [6.07, 6.45) is 1.95. The van der Waals surface area contributed by atoms with E-state index in [0.29, 0.717) is 5.02 Å². The number of fused-ring (bicyclic) bond motifs is 1. The summed E-state index contributed by atoms with van der Waals surface area (Å²) in [6.45, 7) is 4.34. The van der Waals surface area contributed by atoms with Gasteiger partial charge in [0.25, 0.3) is 0 Å². The van der Waals surface area contributed by atoms with Crippen LogP contribution >= 0.6 is 11.6 Å². The normalized spacial score (nSPS) is 13.9. The van der Waals surface area contributed by atoms with Gasteiger partial charge in [0.1, 0.15) is 5.75 Å². The zero-order valence-corrected chi connectivity index (χ0v) is 13.4. The summed E-state index contributed by atoms with van der Waals surface area (Å²) < 4.78 is 0. The Morgan fingerprint density at radius 3 is 2.77 bits per heavy atom. The van der Waals surface area contributed by atoms with E-state index in [-0.39, 0.29) is 11.7 Å². The molecule has 0 bridgehead atoms. The molecule has 3 rings (SSSR count). The maximum Gasteiger partial charge on any atom is 0.223 e. The summed E-state index contributed by atoms with van der Waals surface area (Å²) in [7, 11) is 0. The molecule has 1 amide bonds. The number of carbonyl (C=O) groups is 1. The van der Waals surface area contributed by atoms with Crippen LogP contribution in [-0.2, 0) is 11.2 Å². The molecule has 0 unspecified atom stereocenters. The molecule has 1 aliphatic rings. The van der Waals surface area contributed by atoms with E-state index < -0.39 is 0 Å². The Balaban J connectivity index is 2.08. The van der Waals surface area contributed by atoms with Gasteiger partial charge in [0.15, 0.2) is 0 Å². The number of carbonyl (C=O) groups excluding carboxylic acids is 1. The highest BCUT2D eigenvalue weighted by Crippen LogP contribution is 2.36. The number of amides is 1. The summed E-state index contributed by atoms with van der Waals surface area (Å²) >= 11 is 6.04. The van der Waals surface area contributed by atoms with Gasteiger partial charge in [0.05, 0.1) is 5.02 Å². The number of hydrogen-bond donors (Lipinski definition) is 1. The lowest BCUT2D eigenvalue weighted by molar-refractivity contribution is -0.116. The minimum Gasteiger partial charge on any atom is -0.506 e. The molecule has 22 heavy (non-hydrogen) atoms. The highest BCUT2D eigenvalue weighted by atomic mass is 35.5. The van der Waals surface area contributed by atoms with Gasteiger partial charge in [0.2, 0.25) is 5.91 Å². The highest BCUT2D eigenvalue weighted by Gasteiger charge is 2.20. The van der Waals surface area contributed by atoms with Gasteiger partial charge in [0, 0.05) is 19.2 Å². The first-order chi connectivity index (χ1) is 10.5. The van der Waals surface area contributed by atoms with Gasteiger partial charge in [-0.15, -0.1) is 0 Å². The number of aromatic hydroxyl groups is 1. The predicted molar refractivity (Wildman–Crippen MR) is 89.6 cm³/mol. The maximum atomic E-state index is 11.7. The largest absolute Gasteiger partial charge is 0.506 e. The fourth-order valence-corrected chi connectivity index (χ4v) is 3.23. The van der Waals surface area contributed by atoms with Gasteiger partial charge in [-0.05, 0) is 66.3 Å². The first-order valence-corrected chi connectivity index (χ1v) is 7.75. The summed E-state index contributed by atoms with van der Waals surface area (Å²) in [4.78, 5) is 13.6. The molecule has 1 aliphatic heterocycles. The summed E-state index contributed by atoms with van der Waals surface area (Å²) in [5.74, 6) is 0.182. The van der Waals surface area contributed by atoms with Crippen molar-refractivity contribution in [3.05, 3.63) is 46.5 Å². The van der Waals surface area contributed by atoms with Crippen LogP contribution in [0.2, 0.25) is 5.02 Å². The van der Waals surface area contributed by atoms with Gasteiger partial charge >= 0.3 is 0 Å². The number of nitrogens with zero attached hydrogens (tertiary/aromatic N) is 1. The zero-order chi connectivity index (χ0) is 15.9. The summed E-state index contributed by atoms with van der Waals surface area (Å²) in [5, 5.41) is 10.0. The van der Waals surface area contributed by atoms with Gasteiger partial charge in [-0.25, -0.2) is 0 Å². The number of phenolic OH excluding ortho intramolecular Hbond substituents is 1. The molecule has 1 N–H and O–H groups in total. The van der Waals surface area contributed by atoms with E-state index in [1.807, 2.05) is 24.0 Å². The second kappa shape index (κ2) is 5.65. The molecule has 0 aliphatic carbocycles. The zero-order valence-electron chi connectivity index (χ0n) is 12.7. The third kappa shape index (κ3) is 2.57. The van der Waals surface area contributed by atoms with Crippen molar-refractivity contribution in [3.8, 4) is 16.9 Å². The van der Waals surface area contributed by atoms with Crippen LogP contribution < -0.4 is 4.90 Å². The highest BCUT2D eigenvalue weighted by molar-refractivity contribution is 6.32. The first-order valence-electron chi connectivity index (χ1n) is 7.38. The van der Waals surface area contributed by atoms with Crippen molar-refractivity contribution in [1.82, 2.24) is 0 Å². The SMILES string of the molecule is CC(=O)N1CCCc2cc(-c3cc(Cl)c(O)cc3C)ccc21. The van der Waals surface area contributed by atoms with Crippen molar-refractivity contribution in [2.24, 2.45) is 0 Å². The van der Waals surface area contributed by atoms with E-state index in [1.165, 1.54) is 5.56 Å². The van der Waals surface area contributed by atoms with E-state index in [9.17, 15) is 9.90 Å². The average molecular weight is 316 g/mol. The van der Waals surface area contributed by atoms with Gasteiger partial charge in [-0.1, -0.05) is 17.7 Å². The van der Waals surface area contributed by atoms with Crippen molar-refractivity contribution in [2.45, 2.75) is 26.7 Å². The molecule has 0 fully saturated rings. The number of aryl methyl sites for hydroxylation is 2. The quantitative estimate of drug-likeness (QED) is 0.851. The van der Waals surface area contributed by atoms with Crippen LogP contribution in [0.15, 0.2) is 30.3 Å². The summed E-state index contributed by atoms with van der Waals surface area (Å²) in [5.41, 5.74) is 5.22. The molecule has 2 aromatic carbocycles. The predicted octanol–water partition coefficient (Wildman–Crippen LogP) is 4.32. The van der Waals surface area contributed by atoms with Crippen molar-refractivity contribution in [2.75, 3.05) is 11.4 Å². The second-order valence-electron chi connectivity index (χ2n) is 5.74. The number of anilines is 1. The minimum atomic E-state index is 0.0811. The van der Waals surface area contributed by atoms with Crippen molar-refractivity contribution in [1.29, 1.82) is 0 Å². The standard InChI is InChI=1S/C18H18ClNO2/c1-11-8-18(22)16(19)10-15(11)13-5-6-17-14(9-13)4-3-7-20(17)12(2)21/h5-6,8-10,22H,3-4,7H2,1-2H3. The fraction of sp³-hybridized carbons (Fsp3) is 0.278. The van der Waals surface area contributed by atoms with Gasteiger partial charge in [-0.2, -0.15) is 0 Å². The van der Waals surface area contributed by atoms with Crippen LogP contribution in [0.3, 0.4) is 0 Å². The molecule has 114 valence electrons. The molecule has 0 saturated carbocycles. The Morgan fingerprint density at radius 2 is 2.05 bits per heavy atom. The Hall–Kier alpha value is -2.00. The molecule has 4 heteroatoms. The fourth-order valence-electron chi connectivity index (χ4n) is 3.07. The molecule has 0 radical (unpaired) electrons. The van der Waals surface area contributed by atoms with Gasteiger partial charge < -0.3 is 10.0 Å². The lowest BCUT2D eigenvalue weighted by Crippen LogP contribution is -2.33. The third-order valence-electron chi connectivity index (χ3n) is 4.18. The minimum absolute atomic E-state index is 0.0811. The Labute approximate surface area is 135 Å². The molecular weight excluding hydrogens is 298 g/mol. The monoisotopic (exact) mass is 315 g/mol. The van der Waals surface area contributed by atoms with E-state index in [2.05, 4.69) is 6.07 Å². The van der Waals surface area contributed by atoms with E-state index in [0.717, 1.165) is 41.8 Å². The van der Waals surface area contributed by atoms with Crippen LogP contribution in [-0.4, -0.2) is 17.6 Å². The van der Waals surface area contributed by atoms with Crippen molar-refractivity contribution < 1.29 is 9.90 Å². The van der Waals surface area contributed by atoms with E-state index in [1.54, 1.807) is 19.1 Å². The number of benzene rings is 2. The molecule has 0 saturated heterocycles. The van der Waals surface area contributed by atoms with Crippen LogP contribution in [0.5, 0.6) is 5.75 Å². The van der Waals surface area contributed by atoms with Gasteiger partial charge in [-0.3, -0.25) is 4.79 Å². The molecule has 0 spiro atoms. The molecule has 2 aromatic rings.